The molecule has 0 amide bonds. The summed E-state index contributed by atoms with van der Waals surface area (Å²) >= 11 is 0. The zero-order chi connectivity index (χ0) is 43.1. The van der Waals surface area contributed by atoms with Gasteiger partial charge in [-0.3, -0.25) is 0 Å². The standard InChI is InChI=1S/C64H43N/c1-2-14-51-42-54(30-27-44(51)11-1)53-17-7-16-52(41-53)47-33-38-57(39-34-47)65(58-19-8-18-55(43-58)62-23-10-24-63-61-21-6-4-13-49(61)35-40-64(62)63)56-36-31-46(32-37-56)45-25-28-50(29-26-45)60-22-9-15-48-12-3-5-20-59(48)60/h1-43H. The van der Waals surface area contributed by atoms with Crippen LogP contribution in [0.25, 0.3) is 98.7 Å². The topological polar surface area (TPSA) is 3.24 Å². The highest BCUT2D eigenvalue weighted by atomic mass is 15.1. The number of benzene rings is 12. The number of rotatable bonds is 8. The largest absolute Gasteiger partial charge is 0.310 e. The van der Waals surface area contributed by atoms with Crippen molar-refractivity contribution in [3.63, 3.8) is 0 Å². The van der Waals surface area contributed by atoms with Gasteiger partial charge in [0.1, 0.15) is 0 Å². The van der Waals surface area contributed by atoms with Gasteiger partial charge >= 0.3 is 0 Å². The Bertz CT molecular complexity index is 3690. The normalized spacial score (nSPS) is 11.4. The van der Waals surface area contributed by atoms with E-state index in [1.807, 2.05) is 0 Å². The van der Waals surface area contributed by atoms with Gasteiger partial charge in [0.05, 0.1) is 0 Å². The number of hydrogen-bond donors (Lipinski definition) is 0. The third-order valence-corrected chi connectivity index (χ3v) is 13.1. The Labute approximate surface area is 379 Å². The molecule has 0 aliphatic heterocycles. The summed E-state index contributed by atoms with van der Waals surface area (Å²) in [6.07, 6.45) is 0. The van der Waals surface area contributed by atoms with E-state index in [2.05, 4.69) is 266 Å². The summed E-state index contributed by atoms with van der Waals surface area (Å²) in [7, 11) is 0. The van der Waals surface area contributed by atoms with Crippen molar-refractivity contribution in [1.29, 1.82) is 0 Å². The summed E-state index contributed by atoms with van der Waals surface area (Å²) in [6.45, 7) is 0. The molecule has 12 rings (SSSR count). The maximum Gasteiger partial charge on any atom is 0.0467 e. The molecule has 0 spiro atoms. The van der Waals surface area contributed by atoms with Crippen LogP contribution in [0.3, 0.4) is 0 Å². The average Bonchev–Trinajstić information content (AvgIpc) is 3.39. The molecule has 0 radical (unpaired) electrons. The minimum Gasteiger partial charge on any atom is -0.310 e. The first-order chi connectivity index (χ1) is 32.2. The molecule has 0 unspecified atom stereocenters. The third kappa shape index (κ3) is 7.20. The fraction of sp³-hybridized carbons (Fsp3) is 0. The first-order valence-electron chi connectivity index (χ1n) is 22.4. The Morgan fingerprint density at radius 2 is 0.631 bits per heavy atom. The van der Waals surface area contributed by atoms with Gasteiger partial charge in [0.25, 0.3) is 0 Å². The van der Waals surface area contributed by atoms with Crippen LogP contribution in [-0.4, -0.2) is 0 Å². The van der Waals surface area contributed by atoms with Gasteiger partial charge in [0.15, 0.2) is 0 Å². The molecular weight excluding hydrogens is 783 g/mol. The lowest BCUT2D eigenvalue weighted by molar-refractivity contribution is 1.28. The van der Waals surface area contributed by atoms with Gasteiger partial charge in [0.2, 0.25) is 0 Å². The monoisotopic (exact) mass is 825 g/mol. The van der Waals surface area contributed by atoms with Crippen molar-refractivity contribution in [2.24, 2.45) is 0 Å². The molecule has 0 aliphatic carbocycles. The SMILES string of the molecule is c1cc(-c2ccc(N(c3ccc(-c4ccc(-c5cccc6ccccc56)cc4)cc3)c3cccc(-c4cccc5c4ccc4ccccc45)c3)cc2)cc(-c2ccc3ccccc3c2)c1. The van der Waals surface area contributed by atoms with Crippen molar-refractivity contribution in [2.45, 2.75) is 0 Å². The summed E-state index contributed by atoms with van der Waals surface area (Å²) in [5.41, 5.74) is 15.3. The first kappa shape index (κ1) is 38.2. The fourth-order valence-corrected chi connectivity index (χ4v) is 9.72. The Morgan fingerprint density at radius 3 is 1.37 bits per heavy atom. The van der Waals surface area contributed by atoms with Gasteiger partial charge in [0, 0.05) is 17.1 Å². The van der Waals surface area contributed by atoms with Gasteiger partial charge in [-0.05, 0) is 147 Å². The van der Waals surface area contributed by atoms with E-state index in [1.54, 1.807) is 0 Å². The summed E-state index contributed by atoms with van der Waals surface area (Å²) in [4.78, 5) is 2.38. The molecule has 0 bridgehead atoms. The van der Waals surface area contributed by atoms with Gasteiger partial charge in [-0.2, -0.15) is 0 Å². The highest BCUT2D eigenvalue weighted by molar-refractivity contribution is 6.12. The van der Waals surface area contributed by atoms with Crippen molar-refractivity contribution in [2.75, 3.05) is 4.90 Å². The molecule has 65 heavy (non-hydrogen) atoms. The highest BCUT2D eigenvalue weighted by Gasteiger charge is 2.16. The van der Waals surface area contributed by atoms with Gasteiger partial charge in [-0.25, -0.2) is 0 Å². The van der Waals surface area contributed by atoms with Crippen LogP contribution in [0.15, 0.2) is 261 Å². The zero-order valence-corrected chi connectivity index (χ0v) is 35.8. The molecule has 0 N–H and O–H groups in total. The zero-order valence-electron chi connectivity index (χ0n) is 35.8. The fourth-order valence-electron chi connectivity index (χ4n) is 9.72. The quantitative estimate of drug-likeness (QED) is 0.138. The van der Waals surface area contributed by atoms with E-state index >= 15 is 0 Å². The van der Waals surface area contributed by atoms with Crippen molar-refractivity contribution >= 4 is 60.2 Å². The predicted octanol–water partition coefficient (Wildman–Crippen LogP) is 18.1. The molecule has 304 valence electrons. The van der Waals surface area contributed by atoms with Crippen LogP contribution < -0.4 is 4.90 Å². The second-order valence-electron chi connectivity index (χ2n) is 16.9. The average molecular weight is 826 g/mol. The van der Waals surface area contributed by atoms with E-state index in [0.29, 0.717) is 0 Å². The maximum atomic E-state index is 2.38. The third-order valence-electron chi connectivity index (χ3n) is 13.1. The van der Waals surface area contributed by atoms with E-state index in [0.717, 1.165) is 17.1 Å². The number of hydrogen-bond acceptors (Lipinski definition) is 1. The van der Waals surface area contributed by atoms with Crippen LogP contribution in [-0.2, 0) is 0 Å². The molecule has 12 aromatic rings. The van der Waals surface area contributed by atoms with Crippen LogP contribution in [0.1, 0.15) is 0 Å². The van der Waals surface area contributed by atoms with Crippen molar-refractivity contribution in [3.8, 4) is 55.6 Å². The summed E-state index contributed by atoms with van der Waals surface area (Å²) in [6, 6.07) is 95.2. The van der Waals surface area contributed by atoms with Gasteiger partial charge < -0.3 is 4.90 Å². The van der Waals surface area contributed by atoms with E-state index in [4.69, 9.17) is 0 Å². The lowest BCUT2D eigenvalue weighted by atomic mass is 9.94. The number of nitrogens with zero attached hydrogens (tertiary/aromatic N) is 1. The molecule has 0 atom stereocenters. The Morgan fingerprint density at radius 1 is 0.185 bits per heavy atom. The number of fused-ring (bicyclic) bond motifs is 5. The van der Waals surface area contributed by atoms with Crippen LogP contribution >= 0.6 is 0 Å². The number of anilines is 3. The van der Waals surface area contributed by atoms with E-state index in [1.165, 1.54) is 98.7 Å². The van der Waals surface area contributed by atoms with Gasteiger partial charge in [-0.15, -0.1) is 0 Å². The molecule has 0 aliphatic rings. The van der Waals surface area contributed by atoms with Crippen molar-refractivity contribution < 1.29 is 0 Å². The summed E-state index contributed by atoms with van der Waals surface area (Å²) in [5, 5.41) is 10.1. The Hall–Kier alpha value is -8.52. The van der Waals surface area contributed by atoms with Crippen molar-refractivity contribution in [3.05, 3.63) is 261 Å². The molecule has 1 heteroatoms. The highest BCUT2D eigenvalue weighted by Crippen LogP contribution is 2.41. The minimum atomic E-state index is 1.09. The predicted molar refractivity (Wildman–Crippen MR) is 278 cm³/mol. The first-order valence-corrected chi connectivity index (χ1v) is 22.4. The molecule has 1 nitrogen and oxygen atoms in total. The van der Waals surface area contributed by atoms with Crippen LogP contribution in [0.2, 0.25) is 0 Å². The molecule has 0 saturated carbocycles. The van der Waals surface area contributed by atoms with Crippen LogP contribution in [0.4, 0.5) is 17.1 Å². The summed E-state index contributed by atoms with van der Waals surface area (Å²) in [5.74, 6) is 0. The molecular formula is C64H43N. The molecule has 0 aromatic heterocycles. The molecule has 0 saturated heterocycles. The molecule has 0 heterocycles. The van der Waals surface area contributed by atoms with E-state index in [-0.39, 0.29) is 0 Å². The minimum absolute atomic E-state index is 1.09. The summed E-state index contributed by atoms with van der Waals surface area (Å²) < 4.78 is 0. The van der Waals surface area contributed by atoms with Crippen LogP contribution in [0.5, 0.6) is 0 Å². The van der Waals surface area contributed by atoms with Crippen molar-refractivity contribution in [1.82, 2.24) is 0 Å². The van der Waals surface area contributed by atoms with E-state index < -0.39 is 0 Å². The second-order valence-corrected chi connectivity index (χ2v) is 16.9. The Kier molecular flexibility index (Phi) is 9.58. The maximum absolute atomic E-state index is 2.38. The smallest absolute Gasteiger partial charge is 0.0467 e. The van der Waals surface area contributed by atoms with E-state index in [9.17, 15) is 0 Å². The molecule has 12 aromatic carbocycles. The van der Waals surface area contributed by atoms with Crippen LogP contribution in [0, 0.1) is 0 Å². The lowest BCUT2D eigenvalue weighted by Gasteiger charge is -2.26. The second kappa shape index (κ2) is 16.3. The Balaban J connectivity index is 0.913. The van der Waals surface area contributed by atoms with Gasteiger partial charge in [-0.1, -0.05) is 212 Å². The molecule has 0 fully saturated rings. The lowest BCUT2D eigenvalue weighted by Crippen LogP contribution is -2.10.